The van der Waals surface area contributed by atoms with Gasteiger partial charge in [0.2, 0.25) is 5.88 Å². The summed E-state index contributed by atoms with van der Waals surface area (Å²) in [6.45, 7) is 0. The molecular weight excluding hydrogens is 160 g/mol. The highest BCUT2D eigenvalue weighted by Crippen LogP contribution is 2.03. The number of H-pyrrole nitrogens is 1. The standard InChI is InChI=1S/C6H6N4O2/c1-12-4-2-3-10-5(7-4)8-9-6(10)11/h2-3H,1H3,(H,9,11). The average Bonchev–Trinajstić information content (AvgIpc) is 2.47. The second-order valence-corrected chi connectivity index (χ2v) is 2.17. The van der Waals surface area contributed by atoms with Gasteiger partial charge in [-0.1, -0.05) is 0 Å². The van der Waals surface area contributed by atoms with Crippen LogP contribution in [0.3, 0.4) is 0 Å². The molecule has 0 radical (unpaired) electrons. The second kappa shape index (κ2) is 2.33. The monoisotopic (exact) mass is 166 g/mol. The average molecular weight is 166 g/mol. The lowest BCUT2D eigenvalue weighted by atomic mass is 10.6. The zero-order chi connectivity index (χ0) is 8.55. The van der Waals surface area contributed by atoms with Crippen molar-refractivity contribution in [2.24, 2.45) is 0 Å². The summed E-state index contributed by atoms with van der Waals surface area (Å²) in [5, 5.41) is 5.93. The van der Waals surface area contributed by atoms with Gasteiger partial charge in [-0.2, -0.15) is 4.98 Å². The minimum Gasteiger partial charge on any atom is -0.481 e. The first-order valence-corrected chi connectivity index (χ1v) is 3.29. The molecule has 1 N–H and O–H groups in total. The van der Waals surface area contributed by atoms with Crippen molar-refractivity contribution in [1.29, 1.82) is 0 Å². The quantitative estimate of drug-likeness (QED) is 0.615. The van der Waals surface area contributed by atoms with Crippen LogP contribution in [0.25, 0.3) is 5.78 Å². The van der Waals surface area contributed by atoms with Crippen molar-refractivity contribution in [3.63, 3.8) is 0 Å². The molecule has 12 heavy (non-hydrogen) atoms. The van der Waals surface area contributed by atoms with Gasteiger partial charge in [0.1, 0.15) is 0 Å². The van der Waals surface area contributed by atoms with Crippen LogP contribution in [0.2, 0.25) is 0 Å². The molecule has 0 atom stereocenters. The predicted octanol–water partition coefficient (Wildman–Crippen LogP) is -0.574. The Labute approximate surface area is 66.8 Å². The molecule has 0 spiro atoms. The molecule has 6 heteroatoms. The lowest BCUT2D eigenvalue weighted by Crippen LogP contribution is -2.09. The zero-order valence-corrected chi connectivity index (χ0v) is 6.31. The molecule has 2 rings (SSSR count). The first-order valence-electron chi connectivity index (χ1n) is 3.29. The van der Waals surface area contributed by atoms with Gasteiger partial charge >= 0.3 is 5.69 Å². The van der Waals surface area contributed by atoms with Crippen LogP contribution in [0.4, 0.5) is 0 Å². The second-order valence-electron chi connectivity index (χ2n) is 2.17. The van der Waals surface area contributed by atoms with E-state index in [-0.39, 0.29) is 5.69 Å². The highest BCUT2D eigenvalue weighted by atomic mass is 16.5. The zero-order valence-electron chi connectivity index (χ0n) is 6.31. The number of fused-ring (bicyclic) bond motifs is 1. The largest absolute Gasteiger partial charge is 0.481 e. The topological polar surface area (TPSA) is 72.3 Å². The van der Waals surface area contributed by atoms with Gasteiger partial charge in [-0.25, -0.2) is 14.3 Å². The van der Waals surface area contributed by atoms with Crippen LogP contribution in [0.15, 0.2) is 17.1 Å². The molecular formula is C6H6N4O2. The number of nitrogens with one attached hydrogen (secondary N) is 1. The normalized spacial score (nSPS) is 10.4. The summed E-state index contributed by atoms with van der Waals surface area (Å²) >= 11 is 0. The van der Waals surface area contributed by atoms with Crippen LogP contribution >= 0.6 is 0 Å². The number of nitrogens with zero attached hydrogens (tertiary/aromatic N) is 3. The first kappa shape index (κ1) is 6.84. The van der Waals surface area contributed by atoms with E-state index in [1.165, 1.54) is 11.5 Å². The fraction of sp³-hybridized carbons (Fsp3) is 0.167. The van der Waals surface area contributed by atoms with E-state index in [1.807, 2.05) is 0 Å². The Kier molecular flexibility index (Phi) is 1.33. The third kappa shape index (κ3) is 0.849. The summed E-state index contributed by atoms with van der Waals surface area (Å²) < 4.78 is 6.15. The Hall–Kier alpha value is -1.85. The molecule has 2 heterocycles. The molecule has 0 aliphatic rings. The fourth-order valence-electron chi connectivity index (χ4n) is 0.897. The summed E-state index contributed by atoms with van der Waals surface area (Å²) in [7, 11) is 1.50. The van der Waals surface area contributed by atoms with Crippen molar-refractivity contribution >= 4 is 5.78 Å². The fourth-order valence-corrected chi connectivity index (χ4v) is 0.897. The van der Waals surface area contributed by atoms with Crippen LogP contribution in [0, 0.1) is 0 Å². The Morgan fingerprint density at radius 1 is 1.67 bits per heavy atom. The molecule has 0 saturated heterocycles. The molecule has 0 aliphatic heterocycles. The maximum absolute atomic E-state index is 10.9. The number of rotatable bonds is 1. The Morgan fingerprint density at radius 2 is 2.50 bits per heavy atom. The van der Waals surface area contributed by atoms with Gasteiger partial charge in [-0.05, 0) is 0 Å². The molecule has 62 valence electrons. The molecule has 0 aromatic carbocycles. The summed E-state index contributed by atoms with van der Waals surface area (Å²) in [4.78, 5) is 14.9. The van der Waals surface area contributed by atoms with Crippen LogP contribution in [-0.4, -0.2) is 26.7 Å². The van der Waals surface area contributed by atoms with E-state index in [2.05, 4.69) is 15.2 Å². The summed E-state index contributed by atoms with van der Waals surface area (Å²) in [6.07, 6.45) is 1.55. The van der Waals surface area contributed by atoms with E-state index < -0.39 is 0 Å². The molecule has 0 fully saturated rings. The third-order valence-electron chi connectivity index (χ3n) is 1.47. The number of hydrogen-bond donors (Lipinski definition) is 1. The molecule has 0 amide bonds. The molecule has 2 aromatic rings. The molecule has 0 saturated carbocycles. The highest BCUT2D eigenvalue weighted by molar-refractivity contribution is 5.28. The van der Waals surface area contributed by atoms with E-state index in [0.29, 0.717) is 11.7 Å². The SMILES string of the molecule is COc1ccn2c(=O)[nH]nc2n1. The van der Waals surface area contributed by atoms with E-state index in [9.17, 15) is 4.79 Å². The highest BCUT2D eigenvalue weighted by Gasteiger charge is 2.01. The number of ether oxygens (including phenoxy) is 1. The van der Waals surface area contributed by atoms with Gasteiger partial charge < -0.3 is 4.74 Å². The predicted molar refractivity (Wildman–Crippen MR) is 40.2 cm³/mol. The van der Waals surface area contributed by atoms with Gasteiger partial charge in [-0.3, -0.25) is 0 Å². The van der Waals surface area contributed by atoms with Crippen molar-refractivity contribution in [2.45, 2.75) is 0 Å². The number of hydrogen-bond acceptors (Lipinski definition) is 4. The summed E-state index contributed by atoms with van der Waals surface area (Å²) in [6, 6.07) is 1.59. The van der Waals surface area contributed by atoms with Crippen LogP contribution in [-0.2, 0) is 0 Å². The maximum atomic E-state index is 10.9. The summed E-state index contributed by atoms with van der Waals surface area (Å²) in [5.74, 6) is 0.737. The Morgan fingerprint density at radius 3 is 3.25 bits per heavy atom. The van der Waals surface area contributed by atoms with E-state index >= 15 is 0 Å². The van der Waals surface area contributed by atoms with Gasteiger partial charge in [0.05, 0.1) is 7.11 Å². The van der Waals surface area contributed by atoms with Gasteiger partial charge in [0, 0.05) is 12.3 Å². The van der Waals surface area contributed by atoms with E-state index in [0.717, 1.165) is 0 Å². The van der Waals surface area contributed by atoms with Crippen LogP contribution in [0.1, 0.15) is 0 Å². The third-order valence-corrected chi connectivity index (χ3v) is 1.47. The minimum absolute atomic E-state index is 0.305. The van der Waals surface area contributed by atoms with Gasteiger partial charge in [0.25, 0.3) is 5.78 Å². The van der Waals surface area contributed by atoms with E-state index in [1.54, 1.807) is 12.3 Å². The van der Waals surface area contributed by atoms with Crippen molar-refractivity contribution in [1.82, 2.24) is 19.6 Å². The number of methoxy groups -OCH3 is 1. The van der Waals surface area contributed by atoms with Gasteiger partial charge in [0.15, 0.2) is 0 Å². The smallest absolute Gasteiger partial charge is 0.348 e. The van der Waals surface area contributed by atoms with Crippen molar-refractivity contribution in [3.8, 4) is 5.88 Å². The number of aromatic amines is 1. The van der Waals surface area contributed by atoms with Crippen LogP contribution < -0.4 is 10.4 Å². The van der Waals surface area contributed by atoms with Crippen LogP contribution in [0.5, 0.6) is 5.88 Å². The molecule has 0 aliphatic carbocycles. The van der Waals surface area contributed by atoms with Crippen molar-refractivity contribution < 1.29 is 4.74 Å². The van der Waals surface area contributed by atoms with Crippen molar-refractivity contribution in [2.75, 3.05) is 7.11 Å². The maximum Gasteiger partial charge on any atom is 0.348 e. The Bertz CT molecular complexity index is 458. The summed E-state index contributed by atoms with van der Waals surface area (Å²) in [5.41, 5.74) is -0.305. The molecule has 0 unspecified atom stereocenters. The minimum atomic E-state index is -0.305. The molecule has 6 nitrogen and oxygen atoms in total. The van der Waals surface area contributed by atoms with E-state index in [4.69, 9.17) is 4.74 Å². The van der Waals surface area contributed by atoms with Crippen molar-refractivity contribution in [3.05, 3.63) is 22.7 Å². The Balaban J connectivity index is 2.77. The molecule has 2 aromatic heterocycles. The lowest BCUT2D eigenvalue weighted by molar-refractivity contribution is 0.398. The lowest BCUT2D eigenvalue weighted by Gasteiger charge is -1.95. The first-order chi connectivity index (χ1) is 5.81. The molecule has 0 bridgehead atoms. The number of aromatic nitrogens is 4. The van der Waals surface area contributed by atoms with Gasteiger partial charge in [-0.15, -0.1) is 5.10 Å².